The Bertz CT molecular complexity index is 1200. The fraction of sp³-hybridized carbons (Fsp3) is 0.536. The van der Waals surface area contributed by atoms with Gasteiger partial charge < -0.3 is 10.0 Å². The molecule has 232 valence electrons. The zero-order valence-corrected chi connectivity index (χ0v) is 22.4. The van der Waals surface area contributed by atoms with Crippen molar-refractivity contribution in [3.8, 4) is 0 Å². The van der Waals surface area contributed by atoms with Gasteiger partial charge in [0, 0.05) is 50.4 Å². The van der Waals surface area contributed by atoms with Crippen LogP contribution in [0, 0.1) is 0 Å². The van der Waals surface area contributed by atoms with Gasteiger partial charge in [-0.2, -0.15) is 39.5 Å². The van der Waals surface area contributed by atoms with Crippen LogP contribution in [0.15, 0.2) is 42.5 Å². The van der Waals surface area contributed by atoms with Crippen LogP contribution in [0.2, 0.25) is 0 Å². The molecular weight excluding hydrogens is 581 g/mol. The number of hydrogen-bond donors (Lipinski definition) is 1. The lowest BCUT2D eigenvalue weighted by Crippen LogP contribution is -2.57. The number of likely N-dealkylation sites (tertiary alicyclic amines) is 1. The molecule has 0 radical (unpaired) electrons. The minimum atomic E-state index is -5.13. The van der Waals surface area contributed by atoms with E-state index in [1.807, 2.05) is 4.90 Å². The summed E-state index contributed by atoms with van der Waals surface area (Å²) in [5.41, 5.74) is -4.44. The monoisotopic (exact) mass is 611 g/mol. The lowest BCUT2D eigenvalue weighted by Gasteiger charge is -2.42. The summed E-state index contributed by atoms with van der Waals surface area (Å²) in [6, 6.07) is 4.27. The van der Waals surface area contributed by atoms with Crippen LogP contribution in [-0.4, -0.2) is 83.7 Å². The quantitative estimate of drug-likeness (QED) is 0.417. The molecule has 0 aromatic heterocycles. The fourth-order valence-electron chi connectivity index (χ4n) is 5.58. The Morgan fingerprint density at radius 3 is 1.90 bits per heavy atom. The topological polar surface area (TPSA) is 47.0 Å². The second-order valence-corrected chi connectivity index (χ2v) is 10.7. The smallest absolute Gasteiger partial charge is 0.395 e. The maximum Gasteiger partial charge on any atom is 0.416 e. The van der Waals surface area contributed by atoms with Crippen molar-refractivity contribution < 1.29 is 49.4 Å². The molecule has 2 fully saturated rings. The molecule has 2 heterocycles. The standard InChI is InChI=1S/C28H30F9N3O2/c29-26(30,31)20-5-3-18(4-6-20)12-24-16-38(8-10-39-7-1-2-23(39)17-41)9-11-40(24)25(42)19-13-21(27(32,33)34)15-22(14-19)28(35,36)37/h3-6,13-15,23-24,41H,1-2,7-12,16-17H2/t23-,24+/m0/s1. The summed E-state index contributed by atoms with van der Waals surface area (Å²) >= 11 is 0. The average molecular weight is 612 g/mol. The Kier molecular flexibility index (Phi) is 9.48. The molecule has 2 aromatic carbocycles. The molecule has 1 N–H and O–H groups in total. The summed E-state index contributed by atoms with van der Waals surface area (Å²) < 4.78 is 120. The lowest BCUT2D eigenvalue weighted by molar-refractivity contribution is -0.143. The number of rotatable bonds is 7. The molecule has 0 unspecified atom stereocenters. The molecular formula is C28H30F9N3O2. The highest BCUT2D eigenvalue weighted by atomic mass is 19.4. The van der Waals surface area contributed by atoms with Gasteiger partial charge in [-0.05, 0) is 61.7 Å². The average Bonchev–Trinajstić information content (AvgIpc) is 3.38. The molecule has 14 heteroatoms. The van der Waals surface area contributed by atoms with Gasteiger partial charge in [-0.15, -0.1) is 0 Å². The number of amides is 1. The van der Waals surface area contributed by atoms with Crippen molar-refractivity contribution in [1.29, 1.82) is 0 Å². The van der Waals surface area contributed by atoms with Crippen LogP contribution < -0.4 is 0 Å². The third-order valence-corrected chi connectivity index (χ3v) is 7.83. The van der Waals surface area contributed by atoms with Gasteiger partial charge in [0.2, 0.25) is 0 Å². The summed E-state index contributed by atoms with van der Waals surface area (Å²) in [5, 5.41) is 9.58. The molecule has 0 saturated carbocycles. The molecule has 0 aliphatic carbocycles. The van der Waals surface area contributed by atoms with Crippen LogP contribution >= 0.6 is 0 Å². The van der Waals surface area contributed by atoms with Crippen molar-refractivity contribution in [1.82, 2.24) is 14.7 Å². The zero-order chi connectivity index (χ0) is 30.9. The molecule has 2 aliphatic heterocycles. The van der Waals surface area contributed by atoms with Crippen LogP contribution in [0.25, 0.3) is 0 Å². The minimum absolute atomic E-state index is 0.00877. The first kappa shape index (κ1) is 32.1. The summed E-state index contributed by atoms with van der Waals surface area (Å²) in [6.07, 6.45) is -13.0. The Morgan fingerprint density at radius 2 is 1.36 bits per heavy atom. The first-order chi connectivity index (χ1) is 19.6. The number of piperazine rings is 1. The van der Waals surface area contributed by atoms with Crippen molar-refractivity contribution >= 4 is 5.91 Å². The van der Waals surface area contributed by atoms with E-state index in [4.69, 9.17) is 0 Å². The molecule has 42 heavy (non-hydrogen) atoms. The molecule has 0 spiro atoms. The van der Waals surface area contributed by atoms with Gasteiger partial charge >= 0.3 is 18.5 Å². The summed E-state index contributed by atoms with van der Waals surface area (Å²) in [5.74, 6) is -1.02. The maximum atomic E-state index is 13.5. The predicted molar refractivity (Wildman–Crippen MR) is 135 cm³/mol. The largest absolute Gasteiger partial charge is 0.416 e. The van der Waals surface area contributed by atoms with Crippen LogP contribution in [0.3, 0.4) is 0 Å². The lowest BCUT2D eigenvalue weighted by atomic mass is 9.98. The number of benzene rings is 2. The number of aliphatic hydroxyl groups excluding tert-OH is 1. The molecule has 2 atom stereocenters. The molecule has 2 aromatic rings. The zero-order valence-electron chi connectivity index (χ0n) is 22.4. The van der Waals surface area contributed by atoms with Crippen LogP contribution in [0.4, 0.5) is 39.5 Å². The summed E-state index contributed by atoms with van der Waals surface area (Å²) in [6.45, 7) is 2.43. The minimum Gasteiger partial charge on any atom is -0.395 e. The number of alkyl halides is 9. The van der Waals surface area contributed by atoms with Gasteiger partial charge in [-0.3, -0.25) is 14.6 Å². The fourth-order valence-corrected chi connectivity index (χ4v) is 5.58. The number of halogens is 9. The van der Waals surface area contributed by atoms with Gasteiger partial charge in [0.05, 0.1) is 23.3 Å². The predicted octanol–water partition coefficient (Wildman–Crippen LogP) is 5.57. The normalized spacial score (nSPS) is 21.2. The van der Waals surface area contributed by atoms with Gasteiger partial charge in [0.25, 0.3) is 5.91 Å². The van der Waals surface area contributed by atoms with E-state index in [1.165, 1.54) is 17.0 Å². The Hall–Kier alpha value is -2.84. The van der Waals surface area contributed by atoms with E-state index in [0.29, 0.717) is 30.8 Å². The highest BCUT2D eigenvalue weighted by Gasteiger charge is 2.39. The first-order valence-corrected chi connectivity index (χ1v) is 13.4. The van der Waals surface area contributed by atoms with E-state index in [0.717, 1.165) is 31.5 Å². The number of carbonyl (C=O) groups excluding carboxylic acids is 1. The van der Waals surface area contributed by atoms with E-state index in [-0.39, 0.29) is 44.8 Å². The molecule has 2 saturated heterocycles. The van der Waals surface area contributed by atoms with Gasteiger partial charge in [-0.25, -0.2) is 0 Å². The second-order valence-electron chi connectivity index (χ2n) is 10.7. The third-order valence-electron chi connectivity index (χ3n) is 7.83. The van der Waals surface area contributed by atoms with E-state index in [1.54, 1.807) is 0 Å². The molecule has 2 aliphatic rings. The summed E-state index contributed by atoms with van der Waals surface area (Å²) in [7, 11) is 0. The van der Waals surface area contributed by atoms with Gasteiger partial charge in [0.1, 0.15) is 0 Å². The number of hydrogen-bond acceptors (Lipinski definition) is 4. The van der Waals surface area contributed by atoms with E-state index >= 15 is 0 Å². The molecule has 0 bridgehead atoms. The van der Waals surface area contributed by atoms with Gasteiger partial charge in [0.15, 0.2) is 0 Å². The maximum absolute atomic E-state index is 13.5. The highest BCUT2D eigenvalue weighted by Crippen LogP contribution is 2.37. The number of aliphatic hydroxyl groups is 1. The van der Waals surface area contributed by atoms with Crippen molar-refractivity contribution in [3.63, 3.8) is 0 Å². The van der Waals surface area contributed by atoms with Crippen molar-refractivity contribution in [3.05, 3.63) is 70.3 Å². The van der Waals surface area contributed by atoms with Crippen LogP contribution in [-0.2, 0) is 24.9 Å². The van der Waals surface area contributed by atoms with E-state index < -0.39 is 52.7 Å². The Balaban J connectivity index is 1.60. The van der Waals surface area contributed by atoms with Gasteiger partial charge in [-0.1, -0.05) is 12.1 Å². The van der Waals surface area contributed by atoms with Crippen LogP contribution in [0.1, 0.15) is 45.5 Å². The first-order valence-electron chi connectivity index (χ1n) is 13.4. The SMILES string of the molecule is O=C(c1cc(C(F)(F)F)cc(C(F)(F)F)c1)N1CCN(CCN2CCC[C@H]2CO)C[C@H]1Cc1ccc(C(F)(F)F)cc1. The summed E-state index contributed by atoms with van der Waals surface area (Å²) in [4.78, 5) is 18.8. The highest BCUT2D eigenvalue weighted by molar-refractivity contribution is 5.95. The Labute approximate surface area is 236 Å². The molecule has 4 rings (SSSR count). The van der Waals surface area contributed by atoms with Crippen molar-refractivity contribution in [2.24, 2.45) is 0 Å². The second kappa shape index (κ2) is 12.4. The van der Waals surface area contributed by atoms with Crippen LogP contribution in [0.5, 0.6) is 0 Å². The number of nitrogens with zero attached hydrogens (tertiary/aromatic N) is 3. The van der Waals surface area contributed by atoms with Crippen molar-refractivity contribution in [2.75, 3.05) is 45.9 Å². The van der Waals surface area contributed by atoms with E-state index in [2.05, 4.69) is 4.90 Å². The van der Waals surface area contributed by atoms with E-state index in [9.17, 15) is 49.4 Å². The third kappa shape index (κ3) is 7.75. The van der Waals surface area contributed by atoms with Crippen molar-refractivity contribution in [2.45, 2.75) is 49.9 Å². The Morgan fingerprint density at radius 1 is 0.762 bits per heavy atom. The molecule has 1 amide bonds. The molecule has 5 nitrogen and oxygen atoms in total. The number of carbonyl (C=O) groups is 1.